The summed E-state index contributed by atoms with van der Waals surface area (Å²) in [6.07, 6.45) is 13.8. The largest absolute Gasteiger partial charge is 0.474 e. The molecule has 0 amide bonds. The highest BCUT2D eigenvalue weighted by Gasteiger charge is 2.29. The van der Waals surface area contributed by atoms with Crippen molar-refractivity contribution in [1.29, 1.82) is 0 Å². The van der Waals surface area contributed by atoms with Crippen LogP contribution in [0.15, 0.2) is 67.4 Å². The van der Waals surface area contributed by atoms with Crippen molar-refractivity contribution in [1.82, 2.24) is 29.3 Å². The minimum absolute atomic E-state index is 0.200. The lowest BCUT2D eigenvalue weighted by molar-refractivity contribution is 0.139. The van der Waals surface area contributed by atoms with Crippen molar-refractivity contribution in [2.45, 2.75) is 64.0 Å². The summed E-state index contributed by atoms with van der Waals surface area (Å²) in [4.78, 5) is 8.49. The van der Waals surface area contributed by atoms with Crippen LogP contribution in [0.4, 0.5) is 0 Å². The quantitative estimate of drug-likeness (QED) is 0.385. The van der Waals surface area contributed by atoms with Gasteiger partial charge in [-0.25, -0.2) is 9.97 Å². The van der Waals surface area contributed by atoms with Gasteiger partial charge in [0.05, 0.1) is 12.9 Å². The number of aromatic nitrogens is 6. The maximum absolute atomic E-state index is 6.10. The topological polar surface area (TPSA) is 70.7 Å². The van der Waals surface area contributed by atoms with Crippen LogP contribution in [0.1, 0.15) is 62.2 Å². The van der Waals surface area contributed by atoms with E-state index < -0.39 is 0 Å². The lowest BCUT2D eigenvalue weighted by Gasteiger charge is -2.28. The normalized spacial score (nSPS) is 18.3. The van der Waals surface area contributed by atoms with Crippen LogP contribution in [0, 0.1) is 0 Å². The first kappa shape index (κ1) is 21.4. The molecule has 3 heterocycles. The summed E-state index contributed by atoms with van der Waals surface area (Å²) in [6.45, 7) is 2.85. The molecule has 5 rings (SSSR count). The van der Waals surface area contributed by atoms with E-state index in [-0.39, 0.29) is 6.10 Å². The number of hydrogen-bond donors (Lipinski definition) is 0. The molecular weight excluding hydrogens is 412 g/mol. The molecule has 7 heteroatoms. The molecule has 0 atom stereocenters. The van der Waals surface area contributed by atoms with Crippen molar-refractivity contribution in [2.24, 2.45) is 0 Å². The summed E-state index contributed by atoms with van der Waals surface area (Å²) in [6, 6.07) is 14.6. The highest BCUT2D eigenvalue weighted by atomic mass is 16.5. The fraction of sp³-hybridized carbons (Fsp3) is 0.385. The molecule has 7 nitrogen and oxygen atoms in total. The predicted molar refractivity (Wildman–Crippen MR) is 127 cm³/mol. The summed E-state index contributed by atoms with van der Waals surface area (Å²) in [5.74, 6) is 3.04. The van der Waals surface area contributed by atoms with Crippen LogP contribution in [-0.4, -0.2) is 35.4 Å². The second-order valence-electron chi connectivity index (χ2n) is 8.72. The standard InChI is InChI=1S/C26H30N6O/c1-2-5-20-7-11-22(12-8-20)32-24(18-31-17-16-27-19-31)29-30-26(32)21-9-13-23(14-10-21)33-25-6-3-4-15-28-25/h3-4,6-8,11-12,15-17,19,21,23H,2,5,9-10,13-14,18H2,1H3. The monoisotopic (exact) mass is 442 g/mol. The molecule has 0 unspecified atom stereocenters. The number of ether oxygens (including phenoxy) is 1. The van der Waals surface area contributed by atoms with E-state index in [1.54, 1.807) is 12.4 Å². The van der Waals surface area contributed by atoms with Crippen LogP contribution in [0.5, 0.6) is 5.88 Å². The number of aryl methyl sites for hydroxylation is 1. The van der Waals surface area contributed by atoms with Gasteiger partial charge in [-0.1, -0.05) is 31.5 Å². The van der Waals surface area contributed by atoms with Crippen LogP contribution in [0.25, 0.3) is 5.69 Å². The summed E-state index contributed by atoms with van der Waals surface area (Å²) in [5.41, 5.74) is 2.48. The van der Waals surface area contributed by atoms with Crippen molar-refractivity contribution in [3.63, 3.8) is 0 Å². The Bertz CT molecular complexity index is 1130. The minimum atomic E-state index is 0.200. The SMILES string of the molecule is CCCc1ccc(-n2c(Cn3ccnc3)nnc2C2CCC(Oc3ccccn3)CC2)cc1. The van der Waals surface area contributed by atoms with Crippen LogP contribution in [0.2, 0.25) is 0 Å². The lowest BCUT2D eigenvalue weighted by atomic mass is 9.86. The molecule has 33 heavy (non-hydrogen) atoms. The third kappa shape index (κ3) is 4.97. The second kappa shape index (κ2) is 9.98. The van der Waals surface area contributed by atoms with Gasteiger partial charge in [0.2, 0.25) is 5.88 Å². The van der Waals surface area contributed by atoms with E-state index in [4.69, 9.17) is 9.84 Å². The molecule has 4 aromatic rings. The third-order valence-corrected chi connectivity index (χ3v) is 6.34. The van der Waals surface area contributed by atoms with Crippen molar-refractivity contribution < 1.29 is 4.74 Å². The molecular formula is C26H30N6O. The predicted octanol–water partition coefficient (Wildman–Crippen LogP) is 4.96. The van der Waals surface area contributed by atoms with E-state index in [0.29, 0.717) is 18.3 Å². The molecule has 1 fully saturated rings. The molecule has 0 bridgehead atoms. The Morgan fingerprint density at radius 3 is 2.52 bits per heavy atom. The zero-order valence-electron chi connectivity index (χ0n) is 19.0. The fourth-order valence-electron chi connectivity index (χ4n) is 4.65. The highest BCUT2D eigenvalue weighted by molar-refractivity contribution is 5.37. The molecule has 3 aromatic heterocycles. The Labute approximate surface area is 194 Å². The summed E-state index contributed by atoms with van der Waals surface area (Å²) >= 11 is 0. The van der Waals surface area contributed by atoms with Gasteiger partial charge in [-0.15, -0.1) is 10.2 Å². The van der Waals surface area contributed by atoms with Gasteiger partial charge in [-0.2, -0.15) is 0 Å². The molecule has 0 aliphatic heterocycles. The van der Waals surface area contributed by atoms with Gasteiger partial charge in [0.15, 0.2) is 5.82 Å². The number of imidazole rings is 1. The van der Waals surface area contributed by atoms with Gasteiger partial charge in [-0.3, -0.25) is 4.57 Å². The van der Waals surface area contributed by atoms with Crippen molar-refractivity contribution in [3.05, 3.63) is 84.6 Å². The van der Waals surface area contributed by atoms with Gasteiger partial charge in [0.25, 0.3) is 0 Å². The van der Waals surface area contributed by atoms with Crippen molar-refractivity contribution in [3.8, 4) is 11.6 Å². The Balaban J connectivity index is 1.37. The van der Waals surface area contributed by atoms with E-state index in [0.717, 1.165) is 55.9 Å². The molecule has 0 spiro atoms. The number of pyridine rings is 1. The molecule has 0 radical (unpaired) electrons. The average Bonchev–Trinajstić information content (AvgIpc) is 3.52. The van der Waals surface area contributed by atoms with Crippen LogP contribution >= 0.6 is 0 Å². The number of benzene rings is 1. The fourth-order valence-corrected chi connectivity index (χ4v) is 4.65. The molecule has 1 aliphatic carbocycles. The summed E-state index contributed by atoms with van der Waals surface area (Å²) < 4.78 is 10.4. The maximum atomic E-state index is 6.10. The van der Waals surface area contributed by atoms with Crippen molar-refractivity contribution in [2.75, 3.05) is 0 Å². The van der Waals surface area contributed by atoms with Gasteiger partial charge >= 0.3 is 0 Å². The van der Waals surface area contributed by atoms with Crippen LogP contribution < -0.4 is 4.74 Å². The summed E-state index contributed by atoms with van der Waals surface area (Å²) in [5, 5.41) is 9.30. The molecule has 1 saturated carbocycles. The van der Waals surface area contributed by atoms with Crippen LogP contribution in [-0.2, 0) is 13.0 Å². The summed E-state index contributed by atoms with van der Waals surface area (Å²) in [7, 11) is 0. The third-order valence-electron chi connectivity index (χ3n) is 6.34. The zero-order chi connectivity index (χ0) is 22.5. The smallest absolute Gasteiger partial charge is 0.213 e. The van der Waals surface area contributed by atoms with Crippen LogP contribution in [0.3, 0.4) is 0 Å². The highest BCUT2D eigenvalue weighted by Crippen LogP contribution is 2.35. The molecule has 170 valence electrons. The van der Waals surface area contributed by atoms with E-state index in [9.17, 15) is 0 Å². The van der Waals surface area contributed by atoms with Gasteiger partial charge < -0.3 is 9.30 Å². The molecule has 0 N–H and O–H groups in total. The first-order valence-corrected chi connectivity index (χ1v) is 11.9. The average molecular weight is 443 g/mol. The Hall–Kier alpha value is -3.48. The van der Waals surface area contributed by atoms with E-state index in [2.05, 4.69) is 50.8 Å². The Morgan fingerprint density at radius 1 is 0.970 bits per heavy atom. The number of nitrogens with zero attached hydrogens (tertiary/aromatic N) is 6. The van der Waals surface area contributed by atoms with Gasteiger partial charge in [-0.05, 0) is 55.9 Å². The number of hydrogen-bond acceptors (Lipinski definition) is 5. The lowest BCUT2D eigenvalue weighted by Crippen LogP contribution is -2.25. The van der Waals surface area contributed by atoms with Gasteiger partial charge in [0.1, 0.15) is 11.9 Å². The maximum Gasteiger partial charge on any atom is 0.213 e. The van der Waals surface area contributed by atoms with E-state index >= 15 is 0 Å². The van der Waals surface area contributed by atoms with E-state index in [1.165, 1.54) is 5.56 Å². The van der Waals surface area contributed by atoms with E-state index in [1.807, 2.05) is 35.3 Å². The Morgan fingerprint density at radius 2 is 1.82 bits per heavy atom. The van der Waals surface area contributed by atoms with Gasteiger partial charge in [0, 0.05) is 36.3 Å². The Kier molecular flexibility index (Phi) is 6.46. The number of rotatable bonds is 8. The molecule has 1 aromatic carbocycles. The second-order valence-corrected chi connectivity index (χ2v) is 8.72. The minimum Gasteiger partial charge on any atom is -0.474 e. The molecule has 1 aliphatic rings. The zero-order valence-corrected chi connectivity index (χ0v) is 19.0. The first-order chi connectivity index (χ1) is 16.3. The molecule has 0 saturated heterocycles. The first-order valence-electron chi connectivity index (χ1n) is 11.9. The van der Waals surface area contributed by atoms with Crippen molar-refractivity contribution >= 4 is 0 Å².